The SMILES string of the molecule is CCn1cccc1[C@H]1[C@H](c2ccccn2)NC(=S)N1c1ccc(NS(C)(=O)=O)cc1. The summed E-state index contributed by atoms with van der Waals surface area (Å²) in [6, 6.07) is 17.0. The number of benzene rings is 1. The van der Waals surface area contributed by atoms with Gasteiger partial charge in [-0.15, -0.1) is 0 Å². The first-order chi connectivity index (χ1) is 14.4. The van der Waals surface area contributed by atoms with E-state index in [1.807, 2.05) is 36.4 Å². The van der Waals surface area contributed by atoms with Crippen LogP contribution in [0, 0.1) is 0 Å². The lowest BCUT2D eigenvalue weighted by atomic mass is 10.0. The summed E-state index contributed by atoms with van der Waals surface area (Å²) in [5.41, 5.74) is 3.42. The Labute approximate surface area is 181 Å². The zero-order valence-corrected chi connectivity index (χ0v) is 18.3. The fourth-order valence-electron chi connectivity index (χ4n) is 3.82. The molecule has 0 bridgehead atoms. The molecular formula is C21H23N5O2S2. The molecule has 2 atom stereocenters. The Hall–Kier alpha value is -2.91. The van der Waals surface area contributed by atoms with Crippen molar-refractivity contribution >= 4 is 38.7 Å². The molecule has 0 unspecified atom stereocenters. The van der Waals surface area contributed by atoms with E-state index in [2.05, 4.69) is 43.7 Å². The molecule has 7 nitrogen and oxygen atoms in total. The molecule has 0 aliphatic carbocycles. The Morgan fingerprint density at radius 2 is 1.90 bits per heavy atom. The van der Waals surface area contributed by atoms with Gasteiger partial charge >= 0.3 is 0 Å². The van der Waals surface area contributed by atoms with Crippen LogP contribution in [0.3, 0.4) is 0 Å². The lowest BCUT2D eigenvalue weighted by molar-refractivity contribution is 0.529. The molecule has 1 fully saturated rings. The Bertz CT molecular complexity index is 1140. The third-order valence-electron chi connectivity index (χ3n) is 5.06. The van der Waals surface area contributed by atoms with Crippen molar-refractivity contribution in [2.45, 2.75) is 25.6 Å². The van der Waals surface area contributed by atoms with Crippen LogP contribution >= 0.6 is 12.2 Å². The number of rotatable bonds is 6. The molecule has 30 heavy (non-hydrogen) atoms. The van der Waals surface area contributed by atoms with Crippen LogP contribution in [-0.4, -0.2) is 29.3 Å². The maximum Gasteiger partial charge on any atom is 0.229 e. The van der Waals surface area contributed by atoms with Crippen LogP contribution < -0.4 is 14.9 Å². The van der Waals surface area contributed by atoms with Crippen molar-refractivity contribution in [1.82, 2.24) is 14.9 Å². The van der Waals surface area contributed by atoms with Crippen LogP contribution in [-0.2, 0) is 16.6 Å². The van der Waals surface area contributed by atoms with E-state index in [0.717, 1.165) is 29.9 Å². The van der Waals surface area contributed by atoms with Crippen molar-refractivity contribution in [1.29, 1.82) is 0 Å². The lowest BCUT2D eigenvalue weighted by Crippen LogP contribution is -2.30. The Morgan fingerprint density at radius 1 is 1.13 bits per heavy atom. The zero-order chi connectivity index (χ0) is 21.3. The fraction of sp³-hybridized carbons (Fsp3) is 0.238. The fourth-order valence-corrected chi connectivity index (χ4v) is 4.73. The van der Waals surface area contributed by atoms with Crippen molar-refractivity contribution in [3.05, 3.63) is 78.4 Å². The molecule has 0 radical (unpaired) electrons. The van der Waals surface area contributed by atoms with Gasteiger partial charge in [0.05, 0.1) is 18.0 Å². The van der Waals surface area contributed by atoms with Gasteiger partial charge in [-0.05, 0) is 67.7 Å². The number of anilines is 2. The Kier molecular flexibility index (Phi) is 5.48. The van der Waals surface area contributed by atoms with Crippen molar-refractivity contribution in [2.24, 2.45) is 0 Å². The molecule has 9 heteroatoms. The maximum atomic E-state index is 11.5. The zero-order valence-electron chi connectivity index (χ0n) is 16.7. The Morgan fingerprint density at radius 3 is 2.53 bits per heavy atom. The molecule has 3 aromatic rings. The van der Waals surface area contributed by atoms with Crippen LogP contribution in [0.4, 0.5) is 11.4 Å². The van der Waals surface area contributed by atoms with Crippen LogP contribution in [0.5, 0.6) is 0 Å². The van der Waals surface area contributed by atoms with Gasteiger partial charge in [-0.25, -0.2) is 8.42 Å². The second-order valence-electron chi connectivity index (χ2n) is 7.14. The Balaban J connectivity index is 1.76. The van der Waals surface area contributed by atoms with E-state index in [0.29, 0.717) is 10.8 Å². The average molecular weight is 442 g/mol. The van der Waals surface area contributed by atoms with Gasteiger partial charge in [-0.3, -0.25) is 9.71 Å². The first-order valence-corrected chi connectivity index (χ1v) is 11.9. The molecule has 1 saturated heterocycles. The number of aromatic nitrogens is 2. The minimum absolute atomic E-state index is 0.101. The number of hydrogen-bond donors (Lipinski definition) is 2. The summed E-state index contributed by atoms with van der Waals surface area (Å²) in [6.07, 6.45) is 4.97. The molecule has 156 valence electrons. The maximum absolute atomic E-state index is 11.5. The van der Waals surface area contributed by atoms with E-state index in [-0.39, 0.29) is 12.1 Å². The molecule has 2 aromatic heterocycles. The monoisotopic (exact) mass is 441 g/mol. The summed E-state index contributed by atoms with van der Waals surface area (Å²) in [4.78, 5) is 6.63. The van der Waals surface area contributed by atoms with E-state index in [1.165, 1.54) is 0 Å². The van der Waals surface area contributed by atoms with Crippen LogP contribution in [0.25, 0.3) is 0 Å². The number of sulfonamides is 1. The molecule has 1 aromatic carbocycles. The summed E-state index contributed by atoms with van der Waals surface area (Å²) in [7, 11) is -3.33. The van der Waals surface area contributed by atoms with Crippen molar-refractivity contribution < 1.29 is 8.42 Å². The molecule has 0 saturated carbocycles. The number of pyridine rings is 1. The van der Waals surface area contributed by atoms with Gasteiger partial charge in [0.1, 0.15) is 6.04 Å². The number of thiocarbonyl (C=S) groups is 1. The number of aryl methyl sites for hydroxylation is 1. The molecular weight excluding hydrogens is 418 g/mol. The van der Waals surface area contributed by atoms with Crippen molar-refractivity contribution in [3.8, 4) is 0 Å². The normalized spacial score (nSPS) is 19.0. The quantitative estimate of drug-likeness (QED) is 0.571. The molecule has 1 aliphatic rings. The summed E-state index contributed by atoms with van der Waals surface area (Å²) in [5, 5.41) is 4.03. The third-order valence-corrected chi connectivity index (χ3v) is 5.98. The molecule has 1 aliphatic heterocycles. The number of nitrogens with one attached hydrogen (secondary N) is 2. The van der Waals surface area contributed by atoms with Crippen LogP contribution in [0.2, 0.25) is 0 Å². The molecule has 3 heterocycles. The first kappa shape index (κ1) is 20.4. The smallest absolute Gasteiger partial charge is 0.229 e. The summed E-state index contributed by atoms with van der Waals surface area (Å²) in [5.74, 6) is 0. The van der Waals surface area contributed by atoms with Gasteiger partial charge in [-0.1, -0.05) is 6.07 Å². The topological polar surface area (TPSA) is 79.3 Å². The predicted molar refractivity (Wildman–Crippen MR) is 123 cm³/mol. The highest BCUT2D eigenvalue weighted by Gasteiger charge is 2.41. The first-order valence-electron chi connectivity index (χ1n) is 9.61. The minimum Gasteiger partial charge on any atom is -0.351 e. The number of hydrogen-bond acceptors (Lipinski definition) is 4. The largest absolute Gasteiger partial charge is 0.351 e. The summed E-state index contributed by atoms with van der Waals surface area (Å²) < 4.78 is 27.7. The van der Waals surface area contributed by atoms with Gasteiger partial charge < -0.3 is 14.8 Å². The van der Waals surface area contributed by atoms with Crippen molar-refractivity contribution in [2.75, 3.05) is 15.9 Å². The van der Waals surface area contributed by atoms with E-state index in [4.69, 9.17) is 12.2 Å². The van der Waals surface area contributed by atoms with Gasteiger partial charge in [0, 0.05) is 36.0 Å². The minimum atomic E-state index is -3.33. The lowest BCUT2D eigenvalue weighted by Gasteiger charge is -2.29. The average Bonchev–Trinajstić information content (AvgIpc) is 3.32. The van der Waals surface area contributed by atoms with E-state index in [9.17, 15) is 8.42 Å². The van der Waals surface area contributed by atoms with Gasteiger partial charge in [0.25, 0.3) is 0 Å². The highest BCUT2D eigenvalue weighted by molar-refractivity contribution is 7.92. The van der Waals surface area contributed by atoms with Gasteiger partial charge in [0.2, 0.25) is 10.0 Å². The molecule has 2 N–H and O–H groups in total. The summed E-state index contributed by atoms with van der Waals surface area (Å²) >= 11 is 5.72. The van der Waals surface area contributed by atoms with E-state index >= 15 is 0 Å². The molecule has 4 rings (SSSR count). The summed E-state index contributed by atoms with van der Waals surface area (Å²) in [6.45, 7) is 2.95. The highest BCUT2D eigenvalue weighted by atomic mass is 32.2. The second kappa shape index (κ2) is 8.08. The molecule has 0 spiro atoms. The molecule has 0 amide bonds. The van der Waals surface area contributed by atoms with Gasteiger partial charge in [0.15, 0.2) is 5.11 Å². The third kappa shape index (κ3) is 4.03. The van der Waals surface area contributed by atoms with Crippen molar-refractivity contribution in [3.63, 3.8) is 0 Å². The van der Waals surface area contributed by atoms with Crippen LogP contribution in [0.1, 0.15) is 30.4 Å². The second-order valence-corrected chi connectivity index (χ2v) is 9.27. The van der Waals surface area contributed by atoms with E-state index in [1.54, 1.807) is 18.3 Å². The number of nitrogens with zero attached hydrogens (tertiary/aromatic N) is 3. The predicted octanol–water partition coefficient (Wildman–Crippen LogP) is 3.45. The van der Waals surface area contributed by atoms with Crippen LogP contribution in [0.15, 0.2) is 67.0 Å². The van der Waals surface area contributed by atoms with E-state index < -0.39 is 10.0 Å². The van der Waals surface area contributed by atoms with Gasteiger partial charge in [-0.2, -0.15) is 0 Å². The standard InChI is InChI=1S/C21H23N5O2S2/c1-3-25-14-6-8-18(25)20-19(17-7-4-5-13-22-17)23-21(29)26(20)16-11-9-15(10-12-16)24-30(2,27)28/h4-14,19-20,24H,3H2,1-2H3,(H,23,29)/t19-,20-/m0/s1. The highest BCUT2D eigenvalue weighted by Crippen LogP contribution is 2.41.